The molecule has 0 aliphatic heterocycles. The molecule has 0 aliphatic rings. The molecule has 0 atom stereocenters. The molecule has 0 spiro atoms. The number of hydrogen-bond donors (Lipinski definition) is 2. The molecule has 0 unspecified atom stereocenters. The van der Waals surface area contributed by atoms with Gasteiger partial charge in [0.05, 0.1) is 11.3 Å². The monoisotopic (exact) mass is 361 g/mol. The summed E-state index contributed by atoms with van der Waals surface area (Å²) in [5.41, 5.74) is 10.8. The molecule has 3 aromatic rings. The van der Waals surface area contributed by atoms with Crippen LogP contribution in [0.3, 0.4) is 0 Å². The minimum absolute atomic E-state index is 0.475. The largest absolute Gasteiger partial charge is 0.382 e. The zero-order valence-corrected chi connectivity index (χ0v) is 13.7. The number of nitrogens with zero attached hydrogens (tertiary/aromatic N) is 1. The Morgan fingerprint density at radius 3 is 2.71 bits per heavy atom. The van der Waals surface area contributed by atoms with Crippen molar-refractivity contribution in [1.29, 1.82) is 0 Å². The van der Waals surface area contributed by atoms with Gasteiger partial charge in [0.15, 0.2) is 5.82 Å². The van der Waals surface area contributed by atoms with Crippen molar-refractivity contribution in [3.05, 3.63) is 57.5 Å². The van der Waals surface area contributed by atoms with Crippen molar-refractivity contribution < 1.29 is 0 Å². The fourth-order valence-corrected chi connectivity index (χ4v) is 2.94. The maximum Gasteiger partial charge on any atom is 0.153 e. The van der Waals surface area contributed by atoms with Crippen LogP contribution in [0.4, 0.5) is 5.82 Å². The molecule has 0 radical (unpaired) electrons. The van der Waals surface area contributed by atoms with E-state index in [1.165, 1.54) is 0 Å². The van der Waals surface area contributed by atoms with Gasteiger partial charge in [-0.3, -0.25) is 5.10 Å². The van der Waals surface area contributed by atoms with Crippen LogP contribution in [0.5, 0.6) is 0 Å². The molecule has 106 valence electrons. The van der Waals surface area contributed by atoms with Gasteiger partial charge >= 0.3 is 0 Å². The highest BCUT2D eigenvalue weighted by Crippen LogP contribution is 2.38. The van der Waals surface area contributed by atoms with Gasteiger partial charge in [-0.2, -0.15) is 5.10 Å². The van der Waals surface area contributed by atoms with E-state index in [0.717, 1.165) is 37.4 Å². The van der Waals surface area contributed by atoms with Crippen molar-refractivity contribution >= 4 is 33.3 Å². The van der Waals surface area contributed by atoms with E-state index in [-0.39, 0.29) is 0 Å². The molecule has 0 saturated heterocycles. The first-order valence-corrected chi connectivity index (χ1v) is 7.60. The quantitative estimate of drug-likeness (QED) is 0.670. The summed E-state index contributed by atoms with van der Waals surface area (Å²) in [4.78, 5) is 0. The number of nitrogens with one attached hydrogen (secondary N) is 1. The summed E-state index contributed by atoms with van der Waals surface area (Å²) < 4.78 is 0.995. The lowest BCUT2D eigenvalue weighted by Gasteiger charge is -2.09. The van der Waals surface area contributed by atoms with Gasteiger partial charge < -0.3 is 5.73 Å². The standard InChI is InChI=1S/C16H13BrClN3/c1-9-12(6-3-7-13(9)18)15-14(16(19)21-20-15)10-4-2-5-11(17)8-10/h2-8H,1H3,(H3,19,20,21). The van der Waals surface area contributed by atoms with Crippen LogP contribution >= 0.6 is 27.5 Å². The zero-order valence-electron chi connectivity index (χ0n) is 11.3. The molecule has 0 aliphatic carbocycles. The highest BCUT2D eigenvalue weighted by Gasteiger charge is 2.17. The van der Waals surface area contributed by atoms with Crippen molar-refractivity contribution in [2.45, 2.75) is 6.92 Å². The van der Waals surface area contributed by atoms with Gasteiger partial charge in [0.2, 0.25) is 0 Å². The summed E-state index contributed by atoms with van der Waals surface area (Å²) in [6, 6.07) is 13.8. The molecule has 0 fully saturated rings. The molecular weight excluding hydrogens is 350 g/mol. The average molecular weight is 363 g/mol. The Morgan fingerprint density at radius 2 is 1.95 bits per heavy atom. The van der Waals surface area contributed by atoms with Gasteiger partial charge in [-0.15, -0.1) is 0 Å². The van der Waals surface area contributed by atoms with E-state index in [9.17, 15) is 0 Å². The summed E-state index contributed by atoms with van der Waals surface area (Å²) in [5.74, 6) is 0.475. The smallest absolute Gasteiger partial charge is 0.153 e. The molecule has 3 nitrogen and oxygen atoms in total. The maximum absolute atomic E-state index is 6.22. The number of anilines is 1. The molecule has 2 aromatic carbocycles. The maximum atomic E-state index is 6.22. The third-order valence-corrected chi connectivity index (χ3v) is 4.35. The number of nitrogens with two attached hydrogens (primary N) is 1. The number of H-pyrrole nitrogens is 1. The van der Waals surface area contributed by atoms with Gasteiger partial charge in [0.25, 0.3) is 0 Å². The highest BCUT2D eigenvalue weighted by molar-refractivity contribution is 9.10. The second-order valence-corrected chi connectivity index (χ2v) is 6.10. The lowest BCUT2D eigenvalue weighted by atomic mass is 9.98. The summed E-state index contributed by atoms with van der Waals surface area (Å²) in [7, 11) is 0. The van der Waals surface area contributed by atoms with E-state index < -0.39 is 0 Å². The second kappa shape index (κ2) is 5.54. The van der Waals surface area contributed by atoms with E-state index in [1.54, 1.807) is 0 Å². The van der Waals surface area contributed by atoms with E-state index in [0.29, 0.717) is 5.82 Å². The first-order valence-electron chi connectivity index (χ1n) is 6.43. The number of halogens is 2. The van der Waals surface area contributed by atoms with E-state index in [2.05, 4.69) is 26.1 Å². The van der Waals surface area contributed by atoms with Gasteiger partial charge in [-0.25, -0.2) is 0 Å². The molecular formula is C16H13BrClN3. The number of aromatic amines is 1. The molecule has 0 amide bonds. The van der Waals surface area contributed by atoms with Gasteiger partial charge in [-0.1, -0.05) is 51.8 Å². The SMILES string of the molecule is Cc1c(Cl)cccc1-c1[nH]nc(N)c1-c1cccc(Br)c1. The van der Waals surface area contributed by atoms with Crippen LogP contribution in [0.2, 0.25) is 5.02 Å². The van der Waals surface area contributed by atoms with Gasteiger partial charge in [0, 0.05) is 15.1 Å². The Morgan fingerprint density at radius 1 is 1.19 bits per heavy atom. The van der Waals surface area contributed by atoms with Crippen LogP contribution in [0, 0.1) is 6.92 Å². The zero-order chi connectivity index (χ0) is 15.0. The number of nitrogen functional groups attached to an aromatic ring is 1. The molecule has 1 aromatic heterocycles. The van der Waals surface area contributed by atoms with Crippen LogP contribution in [0.15, 0.2) is 46.9 Å². The third-order valence-electron chi connectivity index (χ3n) is 3.44. The molecule has 3 N–H and O–H groups in total. The van der Waals surface area contributed by atoms with Gasteiger partial charge in [0.1, 0.15) is 0 Å². The van der Waals surface area contributed by atoms with Crippen LogP contribution in [-0.2, 0) is 0 Å². The Kier molecular flexibility index (Phi) is 3.74. The van der Waals surface area contributed by atoms with Crippen LogP contribution in [0.25, 0.3) is 22.4 Å². The first kappa shape index (κ1) is 14.2. The summed E-state index contributed by atoms with van der Waals surface area (Å²) in [5, 5.41) is 7.91. The van der Waals surface area contributed by atoms with Gasteiger partial charge in [-0.05, 0) is 36.2 Å². The molecule has 3 rings (SSSR count). The van der Waals surface area contributed by atoms with Crippen molar-refractivity contribution in [3.63, 3.8) is 0 Å². The minimum Gasteiger partial charge on any atom is -0.382 e. The predicted octanol–water partition coefficient (Wildman–Crippen LogP) is 5.05. The first-order chi connectivity index (χ1) is 10.1. The minimum atomic E-state index is 0.475. The lowest BCUT2D eigenvalue weighted by molar-refractivity contribution is 1.10. The van der Waals surface area contributed by atoms with Crippen molar-refractivity contribution in [2.24, 2.45) is 0 Å². The van der Waals surface area contributed by atoms with Crippen LogP contribution in [-0.4, -0.2) is 10.2 Å². The highest BCUT2D eigenvalue weighted by atomic mass is 79.9. The van der Waals surface area contributed by atoms with E-state index in [4.69, 9.17) is 17.3 Å². The van der Waals surface area contributed by atoms with Crippen LogP contribution < -0.4 is 5.73 Å². The molecule has 5 heteroatoms. The van der Waals surface area contributed by atoms with Crippen molar-refractivity contribution in [2.75, 3.05) is 5.73 Å². The van der Waals surface area contributed by atoms with Crippen molar-refractivity contribution in [3.8, 4) is 22.4 Å². The van der Waals surface area contributed by atoms with E-state index in [1.807, 2.05) is 49.4 Å². The predicted molar refractivity (Wildman–Crippen MR) is 91.3 cm³/mol. The Labute approximate surface area is 136 Å². The Balaban J connectivity index is 2.24. The van der Waals surface area contributed by atoms with Crippen molar-refractivity contribution in [1.82, 2.24) is 10.2 Å². The summed E-state index contributed by atoms with van der Waals surface area (Å²) in [6.07, 6.45) is 0. The normalized spacial score (nSPS) is 10.8. The molecule has 0 saturated carbocycles. The summed E-state index contributed by atoms with van der Waals surface area (Å²) in [6.45, 7) is 1.99. The van der Waals surface area contributed by atoms with Crippen LogP contribution in [0.1, 0.15) is 5.56 Å². The summed E-state index contributed by atoms with van der Waals surface area (Å²) >= 11 is 9.71. The Hall–Kier alpha value is -1.78. The molecule has 21 heavy (non-hydrogen) atoms. The number of rotatable bonds is 2. The van der Waals surface area contributed by atoms with E-state index >= 15 is 0 Å². The number of hydrogen-bond acceptors (Lipinski definition) is 2. The fraction of sp³-hybridized carbons (Fsp3) is 0.0625. The number of aromatic nitrogens is 2. The Bertz CT molecular complexity index is 811. The molecule has 1 heterocycles. The lowest BCUT2D eigenvalue weighted by Crippen LogP contribution is -1.90. The average Bonchev–Trinajstić information content (AvgIpc) is 2.83. The topological polar surface area (TPSA) is 54.7 Å². The number of benzene rings is 2. The fourth-order valence-electron chi connectivity index (χ4n) is 2.37. The third kappa shape index (κ3) is 2.57. The molecule has 0 bridgehead atoms. The second-order valence-electron chi connectivity index (χ2n) is 4.78.